The molecule has 0 spiro atoms. The quantitative estimate of drug-likeness (QED) is 0.592. The lowest BCUT2D eigenvalue weighted by atomic mass is 9.48. The summed E-state index contributed by atoms with van der Waals surface area (Å²) in [5.74, 6) is 2.09. The summed E-state index contributed by atoms with van der Waals surface area (Å²) >= 11 is 0. The molecule has 150 valence electrons. The number of aliphatic hydroxyl groups excluding tert-OH is 1. The van der Waals surface area contributed by atoms with Gasteiger partial charge in [-0.25, -0.2) is 0 Å². The molecule has 0 saturated heterocycles. The van der Waals surface area contributed by atoms with Gasteiger partial charge in [0.15, 0.2) is 0 Å². The lowest BCUT2D eigenvalue weighted by Gasteiger charge is -2.57. The van der Waals surface area contributed by atoms with Gasteiger partial charge in [-0.1, -0.05) is 25.5 Å². The maximum Gasteiger partial charge on any atom is 0.302 e. The van der Waals surface area contributed by atoms with Gasteiger partial charge in [0.05, 0.1) is 13.2 Å². The molecule has 1 N–H and O–H groups in total. The Balaban J connectivity index is 1.56. The smallest absolute Gasteiger partial charge is 0.302 e. The van der Waals surface area contributed by atoms with Crippen LogP contribution in [0.1, 0.15) is 72.1 Å². The second kappa shape index (κ2) is 7.02. The highest BCUT2D eigenvalue weighted by atomic mass is 16.5. The van der Waals surface area contributed by atoms with Crippen molar-refractivity contribution in [3.63, 3.8) is 0 Å². The maximum absolute atomic E-state index is 11.4. The molecule has 3 fully saturated rings. The predicted molar refractivity (Wildman–Crippen MR) is 107 cm³/mol. The van der Waals surface area contributed by atoms with Crippen LogP contribution < -0.4 is 0 Å². The van der Waals surface area contributed by atoms with Crippen LogP contribution in [0, 0.1) is 28.6 Å². The van der Waals surface area contributed by atoms with Crippen LogP contribution in [0.15, 0.2) is 16.6 Å². The van der Waals surface area contributed by atoms with E-state index in [1.54, 1.807) is 5.57 Å². The minimum Gasteiger partial charge on any atom is -0.462 e. The molecule has 0 heterocycles. The van der Waals surface area contributed by atoms with Crippen molar-refractivity contribution in [1.29, 1.82) is 0 Å². The number of fused-ring (bicyclic) bond motifs is 5. The topological polar surface area (TPSA) is 58.9 Å². The van der Waals surface area contributed by atoms with Crippen molar-refractivity contribution in [2.45, 2.75) is 78.2 Å². The van der Waals surface area contributed by atoms with Crippen LogP contribution in [0.3, 0.4) is 0 Å². The Morgan fingerprint density at radius 2 is 1.96 bits per heavy atom. The number of rotatable bonds is 3. The Hall–Kier alpha value is -1.16. The molecule has 4 aliphatic carbocycles. The fourth-order valence-corrected chi connectivity index (χ4v) is 7.20. The van der Waals surface area contributed by atoms with E-state index in [1.165, 1.54) is 38.3 Å². The summed E-state index contributed by atoms with van der Waals surface area (Å²) in [7, 11) is 0. The minimum atomic E-state index is -0.146. The molecular formula is C23H35NO3. The summed E-state index contributed by atoms with van der Waals surface area (Å²) in [5.41, 5.74) is 3.45. The molecule has 0 amide bonds. The van der Waals surface area contributed by atoms with E-state index in [0.29, 0.717) is 6.54 Å². The molecule has 0 aromatic carbocycles. The maximum atomic E-state index is 11.4. The van der Waals surface area contributed by atoms with E-state index in [4.69, 9.17) is 9.73 Å². The number of aliphatic imine (C=N–C) groups is 1. The Morgan fingerprint density at radius 3 is 2.70 bits per heavy atom. The number of carbonyl (C=O) groups is 1. The number of ether oxygens (including phenoxy) is 1. The molecule has 27 heavy (non-hydrogen) atoms. The lowest BCUT2D eigenvalue weighted by Crippen LogP contribution is -2.50. The lowest BCUT2D eigenvalue weighted by molar-refractivity contribution is -0.148. The number of aliphatic hydroxyl groups is 1. The van der Waals surface area contributed by atoms with Gasteiger partial charge in [0.25, 0.3) is 0 Å². The van der Waals surface area contributed by atoms with Gasteiger partial charge in [0.1, 0.15) is 6.10 Å². The van der Waals surface area contributed by atoms with Gasteiger partial charge >= 0.3 is 5.97 Å². The zero-order chi connectivity index (χ0) is 19.2. The summed E-state index contributed by atoms with van der Waals surface area (Å²) in [6.45, 7) is 7.17. The van der Waals surface area contributed by atoms with Crippen LogP contribution in [0.2, 0.25) is 0 Å². The van der Waals surface area contributed by atoms with Crippen LogP contribution in [0.25, 0.3) is 0 Å². The monoisotopic (exact) mass is 373 g/mol. The Kier molecular flexibility index (Phi) is 4.99. The third-order valence-electron chi connectivity index (χ3n) is 8.53. The van der Waals surface area contributed by atoms with Gasteiger partial charge in [-0.05, 0) is 68.1 Å². The summed E-state index contributed by atoms with van der Waals surface area (Å²) < 4.78 is 5.54. The third kappa shape index (κ3) is 3.08. The highest BCUT2D eigenvalue weighted by Crippen LogP contribution is 2.64. The standard InChI is InChI=1S/C23H35NO3/c1-15(26)27-17-8-10-22(2)16(14-17)4-5-18-19-6-7-21(24-12-13-25)23(19,3)11-9-20(18)22/h4,17-20,25H,5-14H2,1-3H3/t17?,18-,19-,20-,22-,23-/m0/s1. The van der Waals surface area contributed by atoms with Crippen molar-refractivity contribution in [1.82, 2.24) is 0 Å². The van der Waals surface area contributed by atoms with E-state index < -0.39 is 0 Å². The van der Waals surface area contributed by atoms with E-state index >= 15 is 0 Å². The van der Waals surface area contributed by atoms with Crippen LogP contribution in [-0.4, -0.2) is 36.0 Å². The fraction of sp³-hybridized carbons (Fsp3) is 0.826. The second-order valence-electron chi connectivity index (χ2n) is 9.78. The first-order chi connectivity index (χ1) is 12.9. The van der Waals surface area contributed by atoms with Crippen LogP contribution in [0.4, 0.5) is 0 Å². The molecule has 4 rings (SSSR count). The Labute approximate surface area is 163 Å². The van der Waals surface area contributed by atoms with Gasteiger partial charge in [0, 0.05) is 24.5 Å². The summed E-state index contributed by atoms with van der Waals surface area (Å²) in [6.07, 6.45) is 11.7. The molecule has 4 aliphatic rings. The van der Waals surface area contributed by atoms with Crippen molar-refractivity contribution in [3.05, 3.63) is 11.6 Å². The normalized spacial score (nSPS) is 44.9. The van der Waals surface area contributed by atoms with Crippen LogP contribution >= 0.6 is 0 Å². The predicted octanol–water partition coefficient (Wildman–Crippen LogP) is 4.31. The van der Waals surface area contributed by atoms with Crippen LogP contribution in [-0.2, 0) is 9.53 Å². The van der Waals surface area contributed by atoms with E-state index in [-0.39, 0.29) is 29.5 Å². The first-order valence-corrected chi connectivity index (χ1v) is 10.9. The van der Waals surface area contributed by atoms with E-state index in [1.807, 2.05) is 0 Å². The van der Waals surface area contributed by atoms with Crippen molar-refractivity contribution < 1.29 is 14.6 Å². The van der Waals surface area contributed by atoms with Gasteiger partial charge in [-0.3, -0.25) is 9.79 Å². The molecule has 3 saturated carbocycles. The minimum absolute atomic E-state index is 0.0796. The molecule has 0 radical (unpaired) electrons. The number of allylic oxidation sites excluding steroid dienone is 1. The number of esters is 1. The third-order valence-corrected chi connectivity index (χ3v) is 8.53. The molecule has 1 unspecified atom stereocenters. The summed E-state index contributed by atoms with van der Waals surface area (Å²) in [6, 6.07) is 0. The average molecular weight is 374 g/mol. The molecule has 0 aromatic rings. The summed E-state index contributed by atoms with van der Waals surface area (Å²) in [4.78, 5) is 16.2. The van der Waals surface area contributed by atoms with Gasteiger partial charge in [-0.15, -0.1) is 0 Å². The SMILES string of the molecule is CC(=O)OC1CC[C@@]2(C)C(=CC[C@@H]3[C@@H]2CC[C@]2(C)C(=NCCO)CC[C@@H]32)C1. The first-order valence-electron chi connectivity index (χ1n) is 10.9. The van der Waals surface area contributed by atoms with E-state index in [2.05, 4.69) is 19.9 Å². The number of nitrogens with zero attached hydrogens (tertiary/aromatic N) is 1. The highest BCUT2D eigenvalue weighted by molar-refractivity contribution is 5.92. The van der Waals surface area contributed by atoms with Crippen molar-refractivity contribution in [3.8, 4) is 0 Å². The zero-order valence-corrected chi connectivity index (χ0v) is 17.2. The zero-order valence-electron chi connectivity index (χ0n) is 17.2. The molecule has 4 nitrogen and oxygen atoms in total. The number of hydrogen-bond donors (Lipinski definition) is 1. The highest BCUT2D eigenvalue weighted by Gasteiger charge is 2.57. The largest absolute Gasteiger partial charge is 0.462 e. The summed E-state index contributed by atoms with van der Waals surface area (Å²) in [5, 5.41) is 9.19. The van der Waals surface area contributed by atoms with Gasteiger partial charge < -0.3 is 9.84 Å². The van der Waals surface area contributed by atoms with Gasteiger partial charge in [-0.2, -0.15) is 0 Å². The molecule has 6 atom stereocenters. The Bertz CT molecular complexity index is 669. The van der Waals surface area contributed by atoms with Gasteiger partial charge in [0.2, 0.25) is 0 Å². The second-order valence-corrected chi connectivity index (χ2v) is 9.78. The molecule has 0 bridgehead atoms. The van der Waals surface area contributed by atoms with E-state index in [0.717, 1.165) is 43.4 Å². The number of carbonyl (C=O) groups excluding carboxylic acids is 1. The Morgan fingerprint density at radius 1 is 1.22 bits per heavy atom. The molecule has 0 aliphatic heterocycles. The average Bonchev–Trinajstić information content (AvgIpc) is 2.96. The molecular weight excluding hydrogens is 338 g/mol. The van der Waals surface area contributed by atoms with Crippen LogP contribution in [0.5, 0.6) is 0 Å². The molecule has 4 heteroatoms. The number of hydrogen-bond acceptors (Lipinski definition) is 4. The van der Waals surface area contributed by atoms with Crippen molar-refractivity contribution in [2.75, 3.05) is 13.2 Å². The fourth-order valence-electron chi connectivity index (χ4n) is 7.20. The van der Waals surface area contributed by atoms with Crippen molar-refractivity contribution >= 4 is 11.7 Å². The van der Waals surface area contributed by atoms with Crippen molar-refractivity contribution in [2.24, 2.45) is 33.6 Å². The van der Waals surface area contributed by atoms with E-state index in [9.17, 15) is 9.90 Å². The molecule has 0 aromatic heterocycles. The first kappa shape index (κ1) is 19.2.